The van der Waals surface area contributed by atoms with Crippen LogP contribution in [0.2, 0.25) is 0 Å². The maximum atomic E-state index is 11.4. The Balaban J connectivity index is 2.32. The van der Waals surface area contributed by atoms with E-state index in [2.05, 4.69) is 4.40 Å². The molecule has 0 aromatic carbocycles. The Morgan fingerprint density at radius 3 is 2.38 bits per heavy atom. The summed E-state index contributed by atoms with van der Waals surface area (Å²) in [5.74, 6) is 0.335. The van der Waals surface area contributed by atoms with Gasteiger partial charge in [-0.25, -0.2) is 0 Å². The van der Waals surface area contributed by atoms with Crippen LogP contribution in [0.15, 0.2) is 4.40 Å². The molecule has 4 heteroatoms. The molecule has 0 bridgehead atoms. The summed E-state index contributed by atoms with van der Waals surface area (Å²) in [5, 5.41) is 9.01. The van der Waals surface area contributed by atoms with Crippen molar-refractivity contribution in [3.05, 3.63) is 0 Å². The van der Waals surface area contributed by atoms with Crippen molar-refractivity contribution in [2.24, 2.45) is 10.3 Å². The van der Waals surface area contributed by atoms with Crippen molar-refractivity contribution in [3.63, 3.8) is 0 Å². The van der Waals surface area contributed by atoms with E-state index in [9.17, 15) is 4.55 Å². The van der Waals surface area contributed by atoms with Crippen LogP contribution in [0.1, 0.15) is 33.6 Å². The number of aliphatic hydroxyl groups is 1. The molecule has 0 aromatic heterocycles. The molecule has 0 saturated heterocycles. The molecule has 0 aromatic rings. The minimum Gasteiger partial charge on any atom is -0.591 e. The molecule has 1 N–H and O–H groups in total. The number of aliphatic hydroxyl groups excluding tert-OH is 1. The van der Waals surface area contributed by atoms with Gasteiger partial charge in [-0.05, 0) is 33.6 Å². The van der Waals surface area contributed by atoms with Gasteiger partial charge >= 0.3 is 0 Å². The smallest absolute Gasteiger partial charge is 0.144 e. The van der Waals surface area contributed by atoms with E-state index in [1.165, 1.54) is 0 Å². The van der Waals surface area contributed by atoms with Crippen molar-refractivity contribution in [1.82, 2.24) is 0 Å². The molecule has 1 saturated carbocycles. The van der Waals surface area contributed by atoms with Gasteiger partial charge in [0, 0.05) is 5.92 Å². The Labute approximate surface area is 82.6 Å². The van der Waals surface area contributed by atoms with Crippen LogP contribution in [0.3, 0.4) is 0 Å². The molecule has 1 unspecified atom stereocenters. The van der Waals surface area contributed by atoms with E-state index in [1.807, 2.05) is 20.8 Å². The summed E-state index contributed by atoms with van der Waals surface area (Å²) in [4.78, 5) is 0. The molecule has 0 heterocycles. The predicted octanol–water partition coefficient (Wildman–Crippen LogP) is 1.29. The average Bonchev–Trinajstić information content (AvgIpc) is 1.93. The van der Waals surface area contributed by atoms with Gasteiger partial charge in [0.2, 0.25) is 0 Å². The lowest BCUT2D eigenvalue weighted by Crippen LogP contribution is -2.31. The standard InChI is InChI=1S/C9H17NO2S/c1-9(2,3)13(12)10-6-7-4-8(11)5-7/h6-8,11H,4-5H2,1-3H3. The normalized spacial score (nSPS) is 31.8. The fraction of sp³-hybridized carbons (Fsp3) is 0.889. The monoisotopic (exact) mass is 203 g/mol. The van der Waals surface area contributed by atoms with Crippen LogP contribution in [-0.2, 0) is 11.4 Å². The second-order valence-electron chi connectivity index (χ2n) is 4.50. The summed E-state index contributed by atoms with van der Waals surface area (Å²) >= 11 is -1.15. The van der Waals surface area contributed by atoms with Gasteiger partial charge in [0.05, 0.1) is 12.3 Å². The molecule has 0 spiro atoms. The maximum Gasteiger partial charge on any atom is 0.144 e. The van der Waals surface area contributed by atoms with E-state index in [0.29, 0.717) is 5.92 Å². The first-order valence-electron chi connectivity index (χ1n) is 4.54. The Bertz CT molecular complexity index is 194. The Morgan fingerprint density at radius 2 is 2.00 bits per heavy atom. The minimum absolute atomic E-state index is 0.167. The van der Waals surface area contributed by atoms with Gasteiger partial charge in [-0.1, -0.05) is 4.40 Å². The van der Waals surface area contributed by atoms with Gasteiger partial charge in [0.15, 0.2) is 0 Å². The van der Waals surface area contributed by atoms with E-state index < -0.39 is 11.4 Å². The summed E-state index contributed by atoms with van der Waals surface area (Å²) in [6.07, 6.45) is 3.10. The van der Waals surface area contributed by atoms with Crippen LogP contribution >= 0.6 is 0 Å². The number of hydrogen-bond acceptors (Lipinski definition) is 3. The molecule has 0 radical (unpaired) electrons. The first kappa shape index (κ1) is 11.0. The first-order chi connectivity index (χ1) is 5.89. The Morgan fingerprint density at radius 1 is 1.46 bits per heavy atom. The van der Waals surface area contributed by atoms with E-state index in [-0.39, 0.29) is 10.9 Å². The molecule has 0 aliphatic heterocycles. The molecule has 1 aliphatic carbocycles. The molecule has 3 nitrogen and oxygen atoms in total. The molecule has 13 heavy (non-hydrogen) atoms. The van der Waals surface area contributed by atoms with Crippen molar-refractivity contribution in [3.8, 4) is 0 Å². The second kappa shape index (κ2) is 3.98. The van der Waals surface area contributed by atoms with Crippen LogP contribution in [0.25, 0.3) is 0 Å². The summed E-state index contributed by atoms with van der Waals surface area (Å²) in [5.41, 5.74) is 0. The summed E-state index contributed by atoms with van der Waals surface area (Å²) < 4.78 is 15.2. The number of hydrogen-bond donors (Lipinski definition) is 1. The molecule has 76 valence electrons. The number of rotatable bonds is 2. The molecule has 1 aliphatic rings. The molecule has 1 fully saturated rings. The van der Waals surface area contributed by atoms with Gasteiger partial charge in [0.25, 0.3) is 0 Å². The topological polar surface area (TPSA) is 55.7 Å². The van der Waals surface area contributed by atoms with Crippen LogP contribution in [0.5, 0.6) is 0 Å². The van der Waals surface area contributed by atoms with Crippen molar-refractivity contribution in [2.45, 2.75) is 44.5 Å². The van der Waals surface area contributed by atoms with Crippen LogP contribution in [0, 0.1) is 5.92 Å². The third kappa shape index (κ3) is 3.29. The van der Waals surface area contributed by atoms with Gasteiger partial charge in [-0.3, -0.25) is 0 Å². The molecular formula is C9H17NO2S. The van der Waals surface area contributed by atoms with Gasteiger partial charge in [0.1, 0.15) is 16.1 Å². The summed E-state index contributed by atoms with van der Waals surface area (Å²) in [7, 11) is 0. The highest BCUT2D eigenvalue weighted by atomic mass is 32.2. The lowest BCUT2D eigenvalue weighted by molar-refractivity contribution is 0.0720. The first-order valence-corrected chi connectivity index (χ1v) is 5.64. The highest BCUT2D eigenvalue weighted by Crippen LogP contribution is 2.26. The van der Waals surface area contributed by atoms with E-state index in [0.717, 1.165) is 12.8 Å². The van der Waals surface area contributed by atoms with Gasteiger partial charge in [-0.15, -0.1) is 0 Å². The highest BCUT2D eigenvalue weighted by molar-refractivity contribution is 7.91. The van der Waals surface area contributed by atoms with Gasteiger partial charge < -0.3 is 9.66 Å². The molecule has 1 rings (SSSR count). The summed E-state index contributed by atoms with van der Waals surface area (Å²) in [6, 6.07) is 0. The Kier molecular flexibility index (Phi) is 3.38. The lowest BCUT2D eigenvalue weighted by atomic mass is 9.84. The van der Waals surface area contributed by atoms with Crippen LogP contribution < -0.4 is 0 Å². The van der Waals surface area contributed by atoms with Crippen molar-refractivity contribution in [1.29, 1.82) is 0 Å². The highest BCUT2D eigenvalue weighted by Gasteiger charge is 2.29. The largest absolute Gasteiger partial charge is 0.591 e. The molecule has 0 amide bonds. The Hall–Kier alpha value is -0.0600. The zero-order valence-electron chi connectivity index (χ0n) is 8.36. The van der Waals surface area contributed by atoms with Crippen LogP contribution in [0.4, 0.5) is 0 Å². The quantitative estimate of drug-likeness (QED) is 0.543. The fourth-order valence-electron chi connectivity index (χ4n) is 1.05. The molecular weight excluding hydrogens is 186 g/mol. The third-order valence-corrected chi connectivity index (χ3v) is 3.40. The van der Waals surface area contributed by atoms with E-state index >= 15 is 0 Å². The zero-order valence-corrected chi connectivity index (χ0v) is 9.17. The van der Waals surface area contributed by atoms with Crippen molar-refractivity contribution < 1.29 is 9.66 Å². The predicted molar refractivity (Wildman–Crippen MR) is 55.1 cm³/mol. The van der Waals surface area contributed by atoms with Crippen molar-refractivity contribution in [2.75, 3.05) is 0 Å². The van der Waals surface area contributed by atoms with Crippen molar-refractivity contribution >= 4 is 17.6 Å². The fourth-order valence-corrected chi connectivity index (χ4v) is 1.65. The minimum atomic E-state index is -1.15. The lowest BCUT2D eigenvalue weighted by Gasteiger charge is -2.28. The average molecular weight is 203 g/mol. The maximum absolute atomic E-state index is 11.4. The SMILES string of the molecule is CC(C)(C)[S+]([O-])N=CC1CC(O)C1. The van der Waals surface area contributed by atoms with Crippen LogP contribution in [-0.4, -0.2) is 26.7 Å². The number of nitrogens with zero attached hydrogens (tertiary/aromatic N) is 1. The van der Waals surface area contributed by atoms with E-state index in [1.54, 1.807) is 6.21 Å². The van der Waals surface area contributed by atoms with Gasteiger partial charge in [-0.2, -0.15) is 0 Å². The summed E-state index contributed by atoms with van der Waals surface area (Å²) in [6.45, 7) is 5.70. The second-order valence-corrected chi connectivity index (χ2v) is 6.44. The molecule has 1 atom stereocenters. The third-order valence-electron chi connectivity index (χ3n) is 2.04. The van der Waals surface area contributed by atoms with E-state index in [4.69, 9.17) is 5.11 Å². The zero-order chi connectivity index (χ0) is 10.1.